The van der Waals surface area contributed by atoms with E-state index in [4.69, 9.17) is 0 Å². The second-order valence-corrected chi connectivity index (χ2v) is 4.59. The van der Waals surface area contributed by atoms with Crippen molar-refractivity contribution in [2.24, 2.45) is 0 Å². The molecule has 0 atom stereocenters. The van der Waals surface area contributed by atoms with Crippen LogP contribution in [0.1, 0.15) is 21.5 Å². The van der Waals surface area contributed by atoms with Crippen molar-refractivity contribution >= 4 is 17.5 Å². The van der Waals surface area contributed by atoms with E-state index < -0.39 is 22.4 Å². The molecule has 0 heterocycles. The van der Waals surface area contributed by atoms with Gasteiger partial charge in [0.15, 0.2) is 5.78 Å². The molecule has 0 aliphatic rings. The van der Waals surface area contributed by atoms with Crippen molar-refractivity contribution in [3.05, 3.63) is 81.4 Å². The fourth-order valence-electron chi connectivity index (χ4n) is 1.89. The molecule has 0 aliphatic heterocycles. The summed E-state index contributed by atoms with van der Waals surface area (Å²) in [5.74, 6) is -0.600. The third kappa shape index (κ3) is 4.03. The zero-order valence-corrected chi connectivity index (χ0v) is 11.6. The molecule has 2 rings (SSSR count). The van der Waals surface area contributed by atoms with Crippen molar-refractivity contribution in [1.29, 1.82) is 0 Å². The van der Waals surface area contributed by atoms with Crippen LogP contribution in [0.2, 0.25) is 0 Å². The van der Waals surface area contributed by atoms with Gasteiger partial charge in [0.1, 0.15) is 0 Å². The molecule has 0 unspecified atom stereocenters. The first kappa shape index (κ1) is 16.4. The molecule has 0 saturated carbocycles. The van der Waals surface area contributed by atoms with E-state index in [-0.39, 0.29) is 11.3 Å². The number of carbonyl (C=O) groups is 1. The fourth-order valence-corrected chi connectivity index (χ4v) is 1.89. The highest BCUT2D eigenvalue weighted by atomic mass is 19.4. The molecule has 0 amide bonds. The molecule has 23 heavy (non-hydrogen) atoms. The first-order valence-electron chi connectivity index (χ1n) is 6.42. The number of nitro groups is 1. The number of nitrogens with zero attached hydrogens (tertiary/aromatic N) is 1. The Balaban J connectivity index is 2.21. The van der Waals surface area contributed by atoms with E-state index in [0.717, 1.165) is 18.2 Å². The summed E-state index contributed by atoms with van der Waals surface area (Å²) in [5.41, 5.74) is -0.820. The molecule has 0 saturated heterocycles. The van der Waals surface area contributed by atoms with E-state index in [1.165, 1.54) is 42.5 Å². The van der Waals surface area contributed by atoms with Gasteiger partial charge in [0.05, 0.1) is 16.1 Å². The molecule has 0 spiro atoms. The maximum Gasteiger partial charge on any atom is 0.416 e. The average molecular weight is 321 g/mol. The van der Waals surface area contributed by atoms with Gasteiger partial charge >= 0.3 is 6.18 Å². The van der Waals surface area contributed by atoms with Crippen LogP contribution >= 0.6 is 0 Å². The molecule has 0 bridgehead atoms. The van der Waals surface area contributed by atoms with Crippen molar-refractivity contribution in [1.82, 2.24) is 0 Å². The van der Waals surface area contributed by atoms with Crippen LogP contribution in [0.25, 0.3) is 6.08 Å². The zero-order valence-electron chi connectivity index (χ0n) is 11.6. The van der Waals surface area contributed by atoms with Crippen molar-refractivity contribution in [3.63, 3.8) is 0 Å². The summed E-state index contributed by atoms with van der Waals surface area (Å²) >= 11 is 0. The van der Waals surface area contributed by atoms with E-state index in [1.54, 1.807) is 0 Å². The van der Waals surface area contributed by atoms with Crippen LogP contribution in [0.15, 0.2) is 54.6 Å². The number of ketones is 1. The Morgan fingerprint density at radius 1 is 1.04 bits per heavy atom. The summed E-state index contributed by atoms with van der Waals surface area (Å²) in [6.07, 6.45) is -2.03. The largest absolute Gasteiger partial charge is 0.416 e. The average Bonchev–Trinajstić information content (AvgIpc) is 2.52. The molecule has 0 fully saturated rings. The summed E-state index contributed by atoms with van der Waals surface area (Å²) < 4.78 is 37.3. The van der Waals surface area contributed by atoms with Gasteiger partial charge in [0.25, 0.3) is 5.69 Å². The molecule has 4 nitrogen and oxygen atoms in total. The van der Waals surface area contributed by atoms with Crippen LogP contribution in [0.3, 0.4) is 0 Å². The van der Waals surface area contributed by atoms with Gasteiger partial charge in [-0.15, -0.1) is 0 Å². The first-order chi connectivity index (χ1) is 10.8. The normalized spacial score (nSPS) is 11.6. The third-order valence-electron chi connectivity index (χ3n) is 3.03. The number of allylic oxidation sites excluding steroid dienone is 1. The summed E-state index contributed by atoms with van der Waals surface area (Å²) in [6.45, 7) is 0. The van der Waals surface area contributed by atoms with Crippen LogP contribution in [0.4, 0.5) is 18.9 Å². The van der Waals surface area contributed by atoms with E-state index in [2.05, 4.69) is 0 Å². The van der Waals surface area contributed by atoms with Crippen molar-refractivity contribution < 1.29 is 22.9 Å². The molecular formula is C16H10F3NO3. The number of alkyl halides is 3. The molecule has 0 radical (unpaired) electrons. The summed E-state index contributed by atoms with van der Waals surface area (Å²) in [4.78, 5) is 22.2. The van der Waals surface area contributed by atoms with Gasteiger partial charge in [-0.2, -0.15) is 13.2 Å². The maximum atomic E-state index is 12.4. The Morgan fingerprint density at radius 2 is 1.65 bits per heavy atom. The van der Waals surface area contributed by atoms with Gasteiger partial charge in [-0.3, -0.25) is 14.9 Å². The Kier molecular flexibility index (Phi) is 4.59. The van der Waals surface area contributed by atoms with Crippen LogP contribution in [-0.2, 0) is 6.18 Å². The Morgan fingerprint density at radius 3 is 2.22 bits per heavy atom. The number of hydrogen-bond donors (Lipinski definition) is 0. The van der Waals surface area contributed by atoms with Gasteiger partial charge in [-0.05, 0) is 29.8 Å². The third-order valence-corrected chi connectivity index (χ3v) is 3.03. The first-order valence-corrected chi connectivity index (χ1v) is 6.42. The van der Waals surface area contributed by atoms with Crippen LogP contribution in [0.5, 0.6) is 0 Å². The van der Waals surface area contributed by atoms with Gasteiger partial charge < -0.3 is 0 Å². The monoisotopic (exact) mass is 321 g/mol. The number of benzene rings is 2. The minimum Gasteiger partial charge on any atom is -0.289 e. The lowest BCUT2D eigenvalue weighted by Crippen LogP contribution is -2.04. The standard InChI is InChI=1S/C16H10F3NO3/c17-16(18,19)12-8-5-11(6-9-12)7-10-15(21)13-3-1-2-4-14(13)20(22)23/h1-10H/b10-7+. The summed E-state index contributed by atoms with van der Waals surface area (Å²) in [7, 11) is 0. The lowest BCUT2D eigenvalue weighted by molar-refractivity contribution is -0.385. The second kappa shape index (κ2) is 6.43. The quantitative estimate of drug-likeness (QED) is 0.360. The van der Waals surface area contributed by atoms with Gasteiger partial charge in [-0.1, -0.05) is 30.3 Å². The number of carbonyl (C=O) groups excluding carboxylic acids is 1. The molecule has 0 aliphatic carbocycles. The highest BCUT2D eigenvalue weighted by Crippen LogP contribution is 2.29. The number of halogens is 3. The Bertz CT molecular complexity index is 765. The molecule has 7 heteroatoms. The number of nitro benzene ring substituents is 1. The minimum absolute atomic E-state index is 0.0827. The summed E-state index contributed by atoms with van der Waals surface area (Å²) in [6, 6.07) is 9.68. The topological polar surface area (TPSA) is 60.2 Å². The number of hydrogen-bond acceptors (Lipinski definition) is 3. The van der Waals surface area contributed by atoms with E-state index in [1.807, 2.05) is 0 Å². The highest BCUT2D eigenvalue weighted by molar-refractivity contribution is 6.09. The second-order valence-electron chi connectivity index (χ2n) is 4.59. The molecule has 118 valence electrons. The van der Waals surface area contributed by atoms with Crippen LogP contribution in [0, 0.1) is 10.1 Å². The molecule has 0 aromatic heterocycles. The SMILES string of the molecule is O=C(/C=C/c1ccc(C(F)(F)F)cc1)c1ccccc1[N+](=O)[O-]. The minimum atomic E-state index is -4.43. The lowest BCUT2D eigenvalue weighted by Gasteiger charge is -2.05. The van der Waals surface area contributed by atoms with E-state index in [9.17, 15) is 28.1 Å². The van der Waals surface area contributed by atoms with E-state index >= 15 is 0 Å². The molecule has 2 aromatic rings. The lowest BCUT2D eigenvalue weighted by atomic mass is 10.1. The zero-order chi connectivity index (χ0) is 17.0. The Labute approximate surface area is 129 Å². The smallest absolute Gasteiger partial charge is 0.289 e. The summed E-state index contributed by atoms with van der Waals surface area (Å²) in [5, 5.41) is 10.9. The molecular weight excluding hydrogens is 311 g/mol. The Hall–Kier alpha value is -2.96. The molecule has 2 aromatic carbocycles. The van der Waals surface area contributed by atoms with Crippen molar-refractivity contribution in [2.75, 3.05) is 0 Å². The van der Waals surface area contributed by atoms with Gasteiger partial charge in [0, 0.05) is 6.07 Å². The van der Waals surface area contributed by atoms with Crippen molar-refractivity contribution in [2.45, 2.75) is 6.18 Å². The highest BCUT2D eigenvalue weighted by Gasteiger charge is 2.29. The van der Waals surface area contributed by atoms with Gasteiger partial charge in [-0.25, -0.2) is 0 Å². The maximum absolute atomic E-state index is 12.4. The number of rotatable bonds is 4. The van der Waals surface area contributed by atoms with Crippen molar-refractivity contribution in [3.8, 4) is 0 Å². The number of para-hydroxylation sites is 1. The predicted octanol–water partition coefficient (Wildman–Crippen LogP) is 4.51. The van der Waals surface area contributed by atoms with Gasteiger partial charge in [0.2, 0.25) is 0 Å². The fraction of sp³-hybridized carbons (Fsp3) is 0.0625. The van der Waals surface area contributed by atoms with E-state index in [0.29, 0.717) is 5.56 Å². The molecule has 0 N–H and O–H groups in total. The van der Waals surface area contributed by atoms with Crippen LogP contribution < -0.4 is 0 Å². The van der Waals surface area contributed by atoms with Crippen LogP contribution in [-0.4, -0.2) is 10.7 Å². The predicted molar refractivity (Wildman–Crippen MR) is 77.9 cm³/mol.